The van der Waals surface area contributed by atoms with E-state index in [2.05, 4.69) is 47.7 Å². The fraction of sp³-hybridized carbons (Fsp3) is 0.438. The monoisotopic (exact) mass is 240 g/mol. The van der Waals surface area contributed by atoms with Gasteiger partial charge in [-0.3, -0.25) is 4.98 Å². The zero-order valence-corrected chi connectivity index (χ0v) is 10.9. The number of nitrogens with one attached hydrogen (secondary N) is 1. The molecule has 1 aliphatic carbocycles. The molecule has 1 N–H and O–H groups in total. The van der Waals surface area contributed by atoms with Crippen LogP contribution in [-0.4, -0.2) is 18.1 Å². The summed E-state index contributed by atoms with van der Waals surface area (Å²) in [6, 6.07) is 8.58. The normalized spacial score (nSPS) is 22.3. The maximum absolute atomic E-state index is 4.38. The third-order valence-corrected chi connectivity index (χ3v) is 3.85. The molecule has 0 amide bonds. The maximum Gasteiger partial charge on any atom is 0.0346 e. The molecule has 2 nitrogen and oxygen atoms in total. The Balaban J connectivity index is 1.76. The van der Waals surface area contributed by atoms with Crippen LogP contribution in [0.5, 0.6) is 0 Å². The van der Waals surface area contributed by atoms with Crippen molar-refractivity contribution in [2.24, 2.45) is 5.92 Å². The zero-order valence-electron chi connectivity index (χ0n) is 10.9. The lowest BCUT2D eigenvalue weighted by Gasteiger charge is -2.06. The summed E-state index contributed by atoms with van der Waals surface area (Å²) in [5, 5.41) is 6.18. The molecule has 1 aliphatic rings. The zero-order chi connectivity index (χ0) is 12.4. The van der Waals surface area contributed by atoms with E-state index >= 15 is 0 Å². The van der Waals surface area contributed by atoms with Gasteiger partial charge in [-0.05, 0) is 48.7 Å². The molecule has 2 atom stereocenters. The first kappa shape index (κ1) is 11.7. The average molecular weight is 240 g/mol. The highest BCUT2D eigenvalue weighted by Gasteiger charge is 2.38. The van der Waals surface area contributed by atoms with Crippen molar-refractivity contribution in [3.05, 3.63) is 42.2 Å². The fourth-order valence-corrected chi connectivity index (χ4v) is 2.75. The lowest BCUT2D eigenvalue weighted by Crippen LogP contribution is -2.17. The Morgan fingerprint density at radius 3 is 3.06 bits per heavy atom. The number of pyridine rings is 1. The van der Waals surface area contributed by atoms with Gasteiger partial charge in [0.2, 0.25) is 0 Å². The van der Waals surface area contributed by atoms with E-state index < -0.39 is 0 Å². The van der Waals surface area contributed by atoms with Gasteiger partial charge in [-0.25, -0.2) is 0 Å². The summed E-state index contributed by atoms with van der Waals surface area (Å²) >= 11 is 0. The Kier molecular flexibility index (Phi) is 3.28. The summed E-state index contributed by atoms with van der Waals surface area (Å²) in [6.45, 7) is 4.50. The molecule has 2 aromatic rings. The molecule has 1 aromatic carbocycles. The van der Waals surface area contributed by atoms with Gasteiger partial charge < -0.3 is 5.32 Å². The molecule has 3 rings (SSSR count). The van der Waals surface area contributed by atoms with Crippen LogP contribution >= 0.6 is 0 Å². The first-order valence-electron chi connectivity index (χ1n) is 6.93. The Bertz CT molecular complexity index is 530. The maximum atomic E-state index is 4.38. The van der Waals surface area contributed by atoms with Crippen LogP contribution in [-0.2, 0) is 0 Å². The summed E-state index contributed by atoms with van der Waals surface area (Å²) in [7, 11) is 0. The molecule has 0 bridgehead atoms. The molecular formula is C16H20N2. The van der Waals surface area contributed by atoms with E-state index in [4.69, 9.17) is 0 Å². The molecule has 0 saturated heterocycles. The van der Waals surface area contributed by atoms with E-state index in [1.165, 1.54) is 29.2 Å². The molecule has 1 aromatic heterocycles. The predicted octanol–water partition coefficient (Wildman–Crippen LogP) is 3.34. The molecule has 2 heteroatoms. The predicted molar refractivity (Wildman–Crippen MR) is 75.8 cm³/mol. The van der Waals surface area contributed by atoms with E-state index in [0.717, 1.165) is 19.0 Å². The second-order valence-electron chi connectivity index (χ2n) is 5.26. The second kappa shape index (κ2) is 5.07. The summed E-state index contributed by atoms with van der Waals surface area (Å²) < 4.78 is 0. The molecule has 0 aliphatic heterocycles. The Morgan fingerprint density at radius 2 is 2.17 bits per heavy atom. The van der Waals surface area contributed by atoms with Crippen molar-refractivity contribution < 1.29 is 0 Å². The molecule has 1 fully saturated rings. The molecule has 94 valence electrons. The van der Waals surface area contributed by atoms with Crippen molar-refractivity contribution in [1.82, 2.24) is 10.3 Å². The molecule has 18 heavy (non-hydrogen) atoms. The molecule has 0 spiro atoms. The van der Waals surface area contributed by atoms with Gasteiger partial charge in [-0.2, -0.15) is 0 Å². The van der Waals surface area contributed by atoms with Gasteiger partial charge in [-0.15, -0.1) is 0 Å². The van der Waals surface area contributed by atoms with E-state index in [1.54, 1.807) is 0 Å². The number of rotatable bonds is 5. The molecular weight excluding hydrogens is 220 g/mol. The summed E-state index contributed by atoms with van der Waals surface area (Å²) in [6.07, 6.45) is 6.55. The number of hydrogen-bond donors (Lipinski definition) is 1. The quantitative estimate of drug-likeness (QED) is 0.811. The van der Waals surface area contributed by atoms with Crippen molar-refractivity contribution >= 4 is 10.8 Å². The highest BCUT2D eigenvalue weighted by atomic mass is 14.9. The van der Waals surface area contributed by atoms with Gasteiger partial charge in [0.25, 0.3) is 0 Å². The second-order valence-corrected chi connectivity index (χ2v) is 5.26. The van der Waals surface area contributed by atoms with Crippen molar-refractivity contribution in [1.29, 1.82) is 0 Å². The van der Waals surface area contributed by atoms with Gasteiger partial charge in [0.1, 0.15) is 0 Å². The van der Waals surface area contributed by atoms with Crippen molar-refractivity contribution in [2.45, 2.75) is 25.7 Å². The smallest absolute Gasteiger partial charge is 0.0346 e. The summed E-state index contributed by atoms with van der Waals surface area (Å²) in [4.78, 5) is 4.38. The first-order valence-corrected chi connectivity index (χ1v) is 6.93. The Hall–Kier alpha value is -1.41. The lowest BCUT2D eigenvalue weighted by molar-refractivity contribution is 0.620. The minimum Gasteiger partial charge on any atom is -0.316 e. The van der Waals surface area contributed by atoms with Crippen LogP contribution in [0.1, 0.15) is 31.2 Å². The number of nitrogens with zero attached hydrogens (tertiary/aromatic N) is 1. The van der Waals surface area contributed by atoms with Crippen LogP contribution < -0.4 is 5.32 Å². The van der Waals surface area contributed by atoms with E-state index in [1.807, 2.05) is 6.20 Å². The minimum absolute atomic E-state index is 0.716. The fourth-order valence-electron chi connectivity index (χ4n) is 2.75. The van der Waals surface area contributed by atoms with Gasteiger partial charge in [0, 0.05) is 17.8 Å². The number of benzene rings is 1. The Morgan fingerprint density at radius 1 is 1.28 bits per heavy atom. The third-order valence-electron chi connectivity index (χ3n) is 3.85. The number of fused-ring (bicyclic) bond motifs is 1. The molecule has 1 saturated carbocycles. The SMILES string of the molecule is CCCNCC1CC1c1cncc2ccccc12. The van der Waals surface area contributed by atoms with E-state index in [-0.39, 0.29) is 0 Å². The van der Waals surface area contributed by atoms with Gasteiger partial charge in [-0.1, -0.05) is 31.2 Å². The topological polar surface area (TPSA) is 24.9 Å². The molecule has 1 heterocycles. The van der Waals surface area contributed by atoms with Crippen molar-refractivity contribution in [2.75, 3.05) is 13.1 Å². The van der Waals surface area contributed by atoms with Crippen LogP contribution in [0, 0.1) is 5.92 Å². The van der Waals surface area contributed by atoms with Crippen LogP contribution in [0.2, 0.25) is 0 Å². The molecule has 2 unspecified atom stereocenters. The molecule has 0 radical (unpaired) electrons. The van der Waals surface area contributed by atoms with Gasteiger partial charge >= 0.3 is 0 Å². The van der Waals surface area contributed by atoms with Crippen molar-refractivity contribution in [3.8, 4) is 0 Å². The van der Waals surface area contributed by atoms with Crippen LogP contribution in [0.4, 0.5) is 0 Å². The van der Waals surface area contributed by atoms with Crippen LogP contribution in [0.25, 0.3) is 10.8 Å². The highest BCUT2D eigenvalue weighted by Crippen LogP contribution is 2.48. The minimum atomic E-state index is 0.716. The van der Waals surface area contributed by atoms with E-state index in [9.17, 15) is 0 Å². The van der Waals surface area contributed by atoms with Crippen LogP contribution in [0.3, 0.4) is 0 Å². The standard InChI is InChI=1S/C16H20N2/c1-2-7-17-10-13-8-15(13)16-11-18-9-12-5-3-4-6-14(12)16/h3-6,9,11,13,15,17H,2,7-8,10H2,1H3. The summed E-state index contributed by atoms with van der Waals surface area (Å²) in [5.41, 5.74) is 1.44. The first-order chi connectivity index (χ1) is 8.90. The lowest BCUT2D eigenvalue weighted by atomic mass is 10.0. The third kappa shape index (κ3) is 2.25. The number of aromatic nitrogens is 1. The van der Waals surface area contributed by atoms with Crippen LogP contribution in [0.15, 0.2) is 36.7 Å². The average Bonchev–Trinajstić information content (AvgIpc) is 3.18. The summed E-state index contributed by atoms with van der Waals surface area (Å²) in [5.74, 6) is 1.53. The number of hydrogen-bond acceptors (Lipinski definition) is 2. The highest BCUT2D eigenvalue weighted by molar-refractivity contribution is 5.85. The van der Waals surface area contributed by atoms with E-state index in [0.29, 0.717) is 5.92 Å². The van der Waals surface area contributed by atoms with Crippen molar-refractivity contribution in [3.63, 3.8) is 0 Å². The largest absolute Gasteiger partial charge is 0.316 e. The van der Waals surface area contributed by atoms with Gasteiger partial charge in [0.05, 0.1) is 0 Å². The van der Waals surface area contributed by atoms with Gasteiger partial charge in [0.15, 0.2) is 0 Å². The Labute approximate surface area is 108 Å².